The number of likely N-dealkylation sites (tertiary alicyclic amines) is 1. The van der Waals surface area contributed by atoms with Crippen molar-refractivity contribution in [2.75, 3.05) is 18.4 Å². The number of amides is 1. The van der Waals surface area contributed by atoms with Crippen LogP contribution in [0, 0.1) is 11.8 Å². The molecule has 0 aliphatic carbocycles. The Bertz CT molecular complexity index is 643. The Kier molecular flexibility index (Phi) is 7.57. The number of rotatable bonds is 6. The highest BCUT2D eigenvalue weighted by Crippen LogP contribution is 2.34. The first kappa shape index (κ1) is 22.0. The van der Waals surface area contributed by atoms with Crippen molar-refractivity contribution in [3.8, 4) is 0 Å². The van der Waals surface area contributed by atoms with Crippen molar-refractivity contribution >= 4 is 23.2 Å². The summed E-state index contributed by atoms with van der Waals surface area (Å²) in [5.41, 5.74) is 1.36. The van der Waals surface area contributed by atoms with Crippen LogP contribution in [0.1, 0.15) is 45.6 Å². The summed E-state index contributed by atoms with van der Waals surface area (Å²) in [6.45, 7) is 6.17. The molecule has 1 aromatic carbocycles. The first-order chi connectivity index (χ1) is 12.6. The molecule has 7 heteroatoms. The van der Waals surface area contributed by atoms with Gasteiger partial charge >= 0.3 is 6.18 Å². The fraction of sp³-hybridized carbons (Fsp3) is 0.650. The third-order valence-electron chi connectivity index (χ3n) is 5.30. The van der Waals surface area contributed by atoms with Gasteiger partial charge in [0.15, 0.2) is 0 Å². The van der Waals surface area contributed by atoms with E-state index >= 15 is 0 Å². The monoisotopic (exact) mass is 404 g/mol. The molecule has 152 valence electrons. The molecule has 0 spiro atoms. The second kappa shape index (κ2) is 9.28. The summed E-state index contributed by atoms with van der Waals surface area (Å²) in [7, 11) is 0. The van der Waals surface area contributed by atoms with Crippen molar-refractivity contribution in [1.82, 2.24) is 4.90 Å². The molecule has 2 unspecified atom stereocenters. The quantitative estimate of drug-likeness (QED) is 0.676. The van der Waals surface area contributed by atoms with Crippen molar-refractivity contribution < 1.29 is 18.0 Å². The summed E-state index contributed by atoms with van der Waals surface area (Å²) in [4.78, 5) is 14.6. The molecule has 2 rings (SSSR count). The average molecular weight is 405 g/mol. The Morgan fingerprint density at radius 2 is 1.96 bits per heavy atom. The van der Waals surface area contributed by atoms with E-state index in [9.17, 15) is 18.0 Å². The van der Waals surface area contributed by atoms with Gasteiger partial charge in [0.1, 0.15) is 6.04 Å². The molecule has 1 fully saturated rings. The summed E-state index contributed by atoms with van der Waals surface area (Å²) in [5, 5.41) is 2.99. The normalized spacial score (nSPS) is 18.9. The average Bonchev–Trinajstić information content (AvgIpc) is 2.59. The summed E-state index contributed by atoms with van der Waals surface area (Å²) in [5.74, 6) is -1.94. The van der Waals surface area contributed by atoms with Crippen LogP contribution in [-0.2, 0) is 11.2 Å². The SMILES string of the molecule is CCCc1ccc(Cl)c(NC(=O)C(C(C)C(F)(F)F)N2CCC(C)CC2)c1. The number of hydrogen-bond acceptors (Lipinski definition) is 2. The third kappa shape index (κ3) is 5.85. The van der Waals surface area contributed by atoms with Gasteiger partial charge in [0, 0.05) is 0 Å². The minimum atomic E-state index is -4.45. The number of anilines is 1. The lowest BCUT2D eigenvalue weighted by Gasteiger charge is -2.39. The van der Waals surface area contributed by atoms with Gasteiger partial charge in [0.2, 0.25) is 5.91 Å². The van der Waals surface area contributed by atoms with Gasteiger partial charge in [-0.25, -0.2) is 0 Å². The van der Waals surface area contributed by atoms with E-state index in [1.165, 1.54) is 0 Å². The number of alkyl halides is 3. The van der Waals surface area contributed by atoms with Crippen LogP contribution >= 0.6 is 11.6 Å². The van der Waals surface area contributed by atoms with Gasteiger partial charge in [0.05, 0.1) is 16.6 Å². The minimum absolute atomic E-state index is 0.328. The van der Waals surface area contributed by atoms with E-state index in [2.05, 4.69) is 12.2 Å². The van der Waals surface area contributed by atoms with Crippen LogP contribution in [0.25, 0.3) is 0 Å². The van der Waals surface area contributed by atoms with E-state index in [4.69, 9.17) is 11.6 Å². The zero-order valence-electron chi connectivity index (χ0n) is 16.1. The predicted octanol–water partition coefficient (Wildman–Crippen LogP) is 5.53. The summed E-state index contributed by atoms with van der Waals surface area (Å²) in [6.07, 6.45) is -1.12. The van der Waals surface area contributed by atoms with Gasteiger partial charge in [-0.15, -0.1) is 0 Å². The van der Waals surface area contributed by atoms with Crippen molar-refractivity contribution in [1.29, 1.82) is 0 Å². The number of hydrogen-bond donors (Lipinski definition) is 1. The van der Waals surface area contributed by atoms with Crippen molar-refractivity contribution in [3.05, 3.63) is 28.8 Å². The number of aryl methyl sites for hydroxylation is 1. The van der Waals surface area contributed by atoms with Crippen LogP contribution < -0.4 is 5.32 Å². The van der Waals surface area contributed by atoms with Crippen LogP contribution in [-0.4, -0.2) is 36.1 Å². The fourth-order valence-corrected chi connectivity index (χ4v) is 3.68. The van der Waals surface area contributed by atoms with Crippen molar-refractivity contribution in [2.45, 2.75) is 58.7 Å². The molecule has 1 saturated heterocycles. The molecule has 0 saturated carbocycles. The lowest BCUT2D eigenvalue weighted by atomic mass is 9.92. The Balaban J connectivity index is 2.24. The number of halogens is 4. The maximum absolute atomic E-state index is 13.4. The zero-order valence-corrected chi connectivity index (χ0v) is 16.8. The Labute approximate surface area is 164 Å². The maximum Gasteiger partial charge on any atom is 0.393 e. The highest BCUT2D eigenvalue weighted by atomic mass is 35.5. The van der Waals surface area contributed by atoms with E-state index in [1.807, 2.05) is 13.0 Å². The fourth-order valence-electron chi connectivity index (χ4n) is 3.51. The molecule has 1 N–H and O–H groups in total. The molecule has 2 atom stereocenters. The van der Waals surface area contributed by atoms with Crippen LogP contribution in [0.4, 0.5) is 18.9 Å². The van der Waals surface area contributed by atoms with Crippen LogP contribution in [0.3, 0.4) is 0 Å². The molecule has 27 heavy (non-hydrogen) atoms. The zero-order chi connectivity index (χ0) is 20.2. The van der Waals surface area contributed by atoms with E-state index in [0.717, 1.165) is 38.2 Å². The lowest BCUT2D eigenvalue weighted by molar-refractivity contribution is -0.189. The standard InChI is InChI=1S/C20H28ClF3N2O/c1-4-5-15-6-7-16(21)17(12-15)25-19(27)18(14(3)20(22,23)24)26-10-8-13(2)9-11-26/h6-7,12-14,18H,4-5,8-11H2,1-3H3,(H,25,27). The van der Waals surface area contributed by atoms with Gasteiger partial charge in [-0.1, -0.05) is 44.9 Å². The molecule has 0 bridgehead atoms. The summed E-state index contributed by atoms with van der Waals surface area (Å²) >= 11 is 6.17. The first-order valence-electron chi connectivity index (χ1n) is 9.53. The number of piperidine rings is 1. The van der Waals surface area contributed by atoms with E-state index in [0.29, 0.717) is 29.7 Å². The summed E-state index contributed by atoms with van der Waals surface area (Å²) < 4.78 is 40.3. The molecule has 1 amide bonds. The van der Waals surface area contributed by atoms with Crippen LogP contribution in [0.5, 0.6) is 0 Å². The first-order valence-corrected chi connectivity index (χ1v) is 9.91. The Morgan fingerprint density at radius 1 is 1.33 bits per heavy atom. The second-order valence-electron chi connectivity index (χ2n) is 7.55. The number of carbonyl (C=O) groups is 1. The molecule has 1 aliphatic heterocycles. The largest absolute Gasteiger partial charge is 0.393 e. The third-order valence-corrected chi connectivity index (χ3v) is 5.63. The highest BCUT2D eigenvalue weighted by Gasteiger charge is 2.47. The number of nitrogens with one attached hydrogen (secondary N) is 1. The second-order valence-corrected chi connectivity index (χ2v) is 7.95. The van der Waals surface area contributed by atoms with Gasteiger partial charge in [-0.3, -0.25) is 9.69 Å². The van der Waals surface area contributed by atoms with Crippen molar-refractivity contribution in [2.24, 2.45) is 11.8 Å². The van der Waals surface area contributed by atoms with Crippen LogP contribution in [0.2, 0.25) is 5.02 Å². The molecular weight excluding hydrogens is 377 g/mol. The van der Waals surface area contributed by atoms with Crippen molar-refractivity contribution in [3.63, 3.8) is 0 Å². The Hall–Kier alpha value is -1.27. The van der Waals surface area contributed by atoms with E-state index < -0.39 is 24.0 Å². The molecule has 0 aromatic heterocycles. The van der Waals surface area contributed by atoms with Gasteiger partial charge in [0.25, 0.3) is 0 Å². The number of benzene rings is 1. The number of nitrogens with zero attached hydrogens (tertiary/aromatic N) is 1. The molecule has 1 aromatic rings. The highest BCUT2D eigenvalue weighted by molar-refractivity contribution is 6.33. The van der Waals surface area contributed by atoms with Gasteiger partial charge < -0.3 is 5.32 Å². The molecule has 3 nitrogen and oxygen atoms in total. The predicted molar refractivity (Wildman–Crippen MR) is 103 cm³/mol. The van der Waals surface area contributed by atoms with Gasteiger partial charge in [-0.2, -0.15) is 13.2 Å². The van der Waals surface area contributed by atoms with E-state index in [-0.39, 0.29) is 0 Å². The number of carbonyl (C=O) groups excluding carboxylic acids is 1. The molecule has 1 aliphatic rings. The molecule has 0 radical (unpaired) electrons. The Morgan fingerprint density at radius 3 is 2.52 bits per heavy atom. The van der Waals surface area contributed by atoms with Gasteiger partial charge in [-0.05, 0) is 56.0 Å². The topological polar surface area (TPSA) is 32.3 Å². The molecular formula is C20H28ClF3N2O. The lowest BCUT2D eigenvalue weighted by Crippen LogP contribution is -2.54. The van der Waals surface area contributed by atoms with E-state index in [1.54, 1.807) is 17.0 Å². The smallest absolute Gasteiger partial charge is 0.323 e. The molecule has 1 heterocycles. The summed E-state index contributed by atoms with van der Waals surface area (Å²) in [6, 6.07) is 4.02. The maximum atomic E-state index is 13.4. The van der Waals surface area contributed by atoms with Crippen LogP contribution in [0.15, 0.2) is 18.2 Å². The minimum Gasteiger partial charge on any atom is -0.323 e.